The number of nitro benzene ring substituents is 1. The topological polar surface area (TPSA) is 139 Å². The van der Waals surface area contributed by atoms with Crippen molar-refractivity contribution in [1.29, 1.82) is 0 Å². The number of rotatable bonds is 4. The Balaban J connectivity index is 2.34. The summed E-state index contributed by atoms with van der Waals surface area (Å²) in [4.78, 5) is 41.8. The molecule has 2 rings (SSSR count). The first-order valence-electron chi connectivity index (χ1n) is 7.32. The Morgan fingerprint density at radius 1 is 1.40 bits per heavy atom. The molecule has 0 saturated heterocycles. The number of nitro groups is 1. The molecule has 25 heavy (non-hydrogen) atoms. The van der Waals surface area contributed by atoms with E-state index in [1.165, 1.54) is 18.0 Å². The van der Waals surface area contributed by atoms with Crippen LogP contribution in [0.4, 0.5) is 10.5 Å². The number of hydrogen-bond donors (Lipinski definition) is 2. The van der Waals surface area contributed by atoms with Gasteiger partial charge in [-0.3, -0.25) is 10.1 Å². The lowest BCUT2D eigenvalue weighted by molar-refractivity contribution is -0.384. The van der Waals surface area contributed by atoms with Gasteiger partial charge in [-0.2, -0.15) is 0 Å². The molecule has 0 unspecified atom stereocenters. The van der Waals surface area contributed by atoms with Crippen LogP contribution in [0.5, 0.6) is 0 Å². The van der Waals surface area contributed by atoms with E-state index >= 15 is 0 Å². The number of non-ortho nitro benzene ring substituents is 1. The van der Waals surface area contributed by atoms with Crippen molar-refractivity contribution in [2.24, 2.45) is 0 Å². The van der Waals surface area contributed by atoms with E-state index in [1.807, 2.05) is 0 Å². The standard InChI is InChI=1S/C15H18N4O6/c1-15(2,3)25-14(22)18(4)7-11-16-10-6-8(19(23)24)5-9(13(20)21)12(10)17-11/h5-6H,7H2,1-4H3,(H,16,17)(H,20,21). The summed E-state index contributed by atoms with van der Waals surface area (Å²) in [7, 11) is 1.50. The normalized spacial score (nSPS) is 11.4. The van der Waals surface area contributed by atoms with Gasteiger partial charge in [0.1, 0.15) is 16.9 Å². The molecule has 10 nitrogen and oxygen atoms in total. The number of aromatic nitrogens is 2. The lowest BCUT2D eigenvalue weighted by Gasteiger charge is -2.24. The Morgan fingerprint density at radius 2 is 2.04 bits per heavy atom. The molecule has 0 atom stereocenters. The summed E-state index contributed by atoms with van der Waals surface area (Å²) in [5, 5.41) is 20.2. The molecule has 0 bridgehead atoms. The van der Waals surface area contributed by atoms with Gasteiger partial charge in [0.05, 0.1) is 22.5 Å². The first-order valence-corrected chi connectivity index (χ1v) is 7.32. The van der Waals surface area contributed by atoms with E-state index < -0.39 is 22.6 Å². The molecular weight excluding hydrogens is 332 g/mol. The van der Waals surface area contributed by atoms with Crippen molar-refractivity contribution in [3.63, 3.8) is 0 Å². The monoisotopic (exact) mass is 350 g/mol. The van der Waals surface area contributed by atoms with E-state index in [1.54, 1.807) is 20.8 Å². The molecule has 10 heteroatoms. The van der Waals surface area contributed by atoms with Crippen LogP contribution in [0.15, 0.2) is 12.1 Å². The van der Waals surface area contributed by atoms with Gasteiger partial charge in [-0.15, -0.1) is 0 Å². The van der Waals surface area contributed by atoms with E-state index in [0.717, 1.165) is 6.07 Å². The largest absolute Gasteiger partial charge is 0.478 e. The summed E-state index contributed by atoms with van der Waals surface area (Å²) in [6, 6.07) is 2.15. The van der Waals surface area contributed by atoms with Crippen molar-refractivity contribution >= 4 is 28.8 Å². The zero-order chi connectivity index (χ0) is 18.9. The van der Waals surface area contributed by atoms with Gasteiger partial charge in [0.15, 0.2) is 0 Å². The molecule has 0 aliphatic heterocycles. The summed E-state index contributed by atoms with van der Waals surface area (Å²) < 4.78 is 5.22. The van der Waals surface area contributed by atoms with Gasteiger partial charge in [0.25, 0.3) is 5.69 Å². The number of carboxylic acid groups (broad SMARTS) is 1. The van der Waals surface area contributed by atoms with Gasteiger partial charge < -0.3 is 19.7 Å². The van der Waals surface area contributed by atoms with Crippen molar-refractivity contribution in [3.05, 3.63) is 33.6 Å². The van der Waals surface area contributed by atoms with Gasteiger partial charge in [-0.25, -0.2) is 14.6 Å². The van der Waals surface area contributed by atoms with Gasteiger partial charge in [-0.05, 0) is 20.8 Å². The second-order valence-corrected chi connectivity index (χ2v) is 6.47. The fourth-order valence-corrected chi connectivity index (χ4v) is 2.13. The van der Waals surface area contributed by atoms with Crippen LogP contribution in [0.25, 0.3) is 11.0 Å². The van der Waals surface area contributed by atoms with E-state index in [4.69, 9.17) is 4.74 Å². The molecular formula is C15H18N4O6. The summed E-state index contributed by atoms with van der Waals surface area (Å²) in [6.45, 7) is 5.23. The lowest BCUT2D eigenvalue weighted by atomic mass is 10.1. The van der Waals surface area contributed by atoms with Crippen molar-refractivity contribution in [3.8, 4) is 0 Å². The highest BCUT2D eigenvalue weighted by molar-refractivity contribution is 6.02. The van der Waals surface area contributed by atoms with E-state index in [2.05, 4.69) is 9.97 Å². The third kappa shape index (κ3) is 4.22. The smallest absolute Gasteiger partial charge is 0.410 e. The maximum Gasteiger partial charge on any atom is 0.410 e. The zero-order valence-corrected chi connectivity index (χ0v) is 14.2. The number of amides is 1. The maximum absolute atomic E-state index is 12.0. The Morgan fingerprint density at radius 3 is 2.56 bits per heavy atom. The van der Waals surface area contributed by atoms with Crippen molar-refractivity contribution in [1.82, 2.24) is 14.9 Å². The highest BCUT2D eigenvalue weighted by atomic mass is 16.6. The number of carbonyl (C=O) groups is 2. The van der Waals surface area contributed by atoms with E-state index in [9.17, 15) is 24.8 Å². The number of benzene rings is 1. The SMILES string of the molecule is CN(Cc1nc2c(C(=O)O)cc([N+](=O)[O-])cc2[nH]1)C(=O)OC(C)(C)C. The molecule has 0 aliphatic rings. The van der Waals surface area contributed by atoms with Crippen LogP contribution in [0, 0.1) is 10.1 Å². The predicted molar refractivity (Wildman–Crippen MR) is 87.4 cm³/mol. The molecule has 1 amide bonds. The van der Waals surface area contributed by atoms with Crippen molar-refractivity contribution in [2.45, 2.75) is 32.9 Å². The van der Waals surface area contributed by atoms with Gasteiger partial charge in [-0.1, -0.05) is 0 Å². The number of ether oxygens (including phenoxy) is 1. The predicted octanol–water partition coefficient (Wildman–Crippen LogP) is 2.54. The quantitative estimate of drug-likeness (QED) is 0.638. The summed E-state index contributed by atoms with van der Waals surface area (Å²) in [6.07, 6.45) is -0.572. The Labute approximate surface area is 142 Å². The lowest BCUT2D eigenvalue weighted by Crippen LogP contribution is -2.34. The molecule has 2 aromatic rings. The number of hydrogen-bond acceptors (Lipinski definition) is 6. The molecule has 134 valence electrons. The van der Waals surface area contributed by atoms with Crippen LogP contribution in [0.3, 0.4) is 0 Å². The van der Waals surface area contributed by atoms with Crippen LogP contribution in [0.1, 0.15) is 37.0 Å². The number of nitrogens with one attached hydrogen (secondary N) is 1. The molecule has 0 radical (unpaired) electrons. The fraction of sp³-hybridized carbons (Fsp3) is 0.400. The fourth-order valence-electron chi connectivity index (χ4n) is 2.13. The number of nitrogens with zero attached hydrogens (tertiary/aromatic N) is 3. The van der Waals surface area contributed by atoms with Crippen molar-refractivity contribution in [2.75, 3.05) is 7.05 Å². The minimum atomic E-state index is -1.33. The van der Waals surface area contributed by atoms with Crippen molar-refractivity contribution < 1.29 is 24.4 Å². The molecule has 1 aromatic carbocycles. The van der Waals surface area contributed by atoms with E-state index in [0.29, 0.717) is 0 Å². The highest BCUT2D eigenvalue weighted by Gasteiger charge is 2.22. The number of imidazole rings is 1. The van der Waals surface area contributed by atoms with Crippen LogP contribution in [0.2, 0.25) is 0 Å². The molecule has 0 aliphatic carbocycles. The molecule has 0 saturated carbocycles. The Kier molecular flexibility index (Phi) is 4.64. The second kappa shape index (κ2) is 6.38. The van der Waals surface area contributed by atoms with Crippen LogP contribution >= 0.6 is 0 Å². The third-order valence-corrected chi connectivity index (χ3v) is 3.15. The number of fused-ring (bicyclic) bond motifs is 1. The molecule has 0 fully saturated rings. The Bertz CT molecular complexity index is 852. The average molecular weight is 350 g/mol. The number of aromatic carboxylic acids is 1. The van der Waals surface area contributed by atoms with Crippen LogP contribution in [-0.2, 0) is 11.3 Å². The average Bonchev–Trinajstić information content (AvgIpc) is 2.85. The zero-order valence-electron chi connectivity index (χ0n) is 14.2. The summed E-state index contributed by atoms with van der Waals surface area (Å²) in [5.41, 5.74) is -1.01. The molecule has 0 spiro atoms. The first-order chi connectivity index (χ1) is 11.5. The first kappa shape index (κ1) is 18.2. The molecule has 1 aromatic heterocycles. The number of aromatic amines is 1. The minimum Gasteiger partial charge on any atom is -0.478 e. The number of H-pyrrole nitrogens is 1. The van der Waals surface area contributed by atoms with Gasteiger partial charge in [0.2, 0.25) is 0 Å². The number of carboxylic acids is 1. The highest BCUT2D eigenvalue weighted by Crippen LogP contribution is 2.24. The Hall–Kier alpha value is -3.17. The van der Waals surface area contributed by atoms with Crippen LogP contribution < -0.4 is 0 Å². The molecule has 1 heterocycles. The van der Waals surface area contributed by atoms with Gasteiger partial charge in [0, 0.05) is 19.2 Å². The summed E-state index contributed by atoms with van der Waals surface area (Å²) in [5.74, 6) is -1.04. The second-order valence-electron chi connectivity index (χ2n) is 6.47. The third-order valence-electron chi connectivity index (χ3n) is 3.15. The van der Waals surface area contributed by atoms with Crippen LogP contribution in [-0.4, -0.2) is 49.6 Å². The van der Waals surface area contributed by atoms with Gasteiger partial charge >= 0.3 is 12.1 Å². The van der Waals surface area contributed by atoms with E-state index in [-0.39, 0.29) is 34.7 Å². The minimum absolute atomic E-state index is 0.0243. The molecule has 2 N–H and O–H groups in total. The number of carbonyl (C=O) groups excluding carboxylic acids is 1. The summed E-state index contributed by atoms with van der Waals surface area (Å²) >= 11 is 0. The maximum atomic E-state index is 12.0.